The summed E-state index contributed by atoms with van der Waals surface area (Å²) in [6.07, 6.45) is 1.40. The van der Waals surface area contributed by atoms with Crippen molar-refractivity contribution in [3.8, 4) is 0 Å². The molecule has 20 heavy (non-hydrogen) atoms. The van der Waals surface area contributed by atoms with Gasteiger partial charge in [0.15, 0.2) is 0 Å². The average Bonchev–Trinajstić information content (AvgIpc) is 3.05. The molecule has 1 aliphatic rings. The van der Waals surface area contributed by atoms with Crippen LogP contribution in [0.1, 0.15) is 19.1 Å². The summed E-state index contributed by atoms with van der Waals surface area (Å²) in [5.74, 6) is 0.724. The van der Waals surface area contributed by atoms with E-state index in [1.54, 1.807) is 12.3 Å². The molecule has 0 spiro atoms. The van der Waals surface area contributed by atoms with Crippen molar-refractivity contribution in [1.29, 1.82) is 0 Å². The van der Waals surface area contributed by atoms with Gasteiger partial charge in [0.25, 0.3) is 0 Å². The molecule has 1 amide bonds. The van der Waals surface area contributed by atoms with Crippen molar-refractivity contribution >= 4 is 5.91 Å². The van der Waals surface area contributed by atoms with E-state index in [0.717, 1.165) is 5.76 Å². The number of nitrogens with zero attached hydrogens (tertiary/aromatic N) is 1. The largest absolute Gasteiger partial charge is 0.467 e. The number of hydrogen-bond acceptors (Lipinski definition) is 5. The van der Waals surface area contributed by atoms with Crippen LogP contribution in [0.5, 0.6) is 0 Å². The van der Waals surface area contributed by atoms with Gasteiger partial charge in [0, 0.05) is 32.7 Å². The molecule has 1 aromatic heterocycles. The molecule has 2 heterocycles. The summed E-state index contributed by atoms with van der Waals surface area (Å²) in [6.45, 7) is 4.80. The van der Waals surface area contributed by atoms with Gasteiger partial charge < -0.3 is 19.6 Å². The highest BCUT2D eigenvalue weighted by Gasteiger charge is 2.31. The van der Waals surface area contributed by atoms with Gasteiger partial charge in [-0.1, -0.05) is 0 Å². The maximum atomic E-state index is 11.7. The predicted octanol–water partition coefficient (Wildman–Crippen LogP) is 0.367. The zero-order valence-electron chi connectivity index (χ0n) is 11.7. The Labute approximate surface area is 118 Å². The lowest BCUT2D eigenvalue weighted by atomic mass is 10.3. The monoisotopic (exact) mass is 282 g/mol. The first kappa shape index (κ1) is 15.0. The number of aliphatic hydroxyl groups excluding tert-OH is 1. The number of nitrogens with one attached hydrogen (secondary N) is 1. The average molecular weight is 282 g/mol. The molecule has 2 atom stereocenters. The number of aliphatic hydroxyl groups is 1. The smallest absolute Gasteiger partial charge is 0.221 e. The number of hydrogen-bond donors (Lipinski definition) is 2. The summed E-state index contributed by atoms with van der Waals surface area (Å²) < 4.78 is 10.6. The number of furan rings is 1. The molecule has 1 aromatic rings. The van der Waals surface area contributed by atoms with Gasteiger partial charge in [0.05, 0.1) is 25.0 Å². The quantitative estimate of drug-likeness (QED) is 0.755. The molecule has 0 aliphatic carbocycles. The highest BCUT2D eigenvalue weighted by atomic mass is 16.5. The number of ether oxygens (including phenoxy) is 1. The van der Waals surface area contributed by atoms with Crippen LogP contribution in [0.15, 0.2) is 22.8 Å². The van der Waals surface area contributed by atoms with E-state index in [0.29, 0.717) is 39.2 Å². The van der Waals surface area contributed by atoms with Crippen LogP contribution in [0, 0.1) is 0 Å². The Bertz CT molecular complexity index is 407. The van der Waals surface area contributed by atoms with Crippen LogP contribution in [0.3, 0.4) is 0 Å². The summed E-state index contributed by atoms with van der Waals surface area (Å²) in [5, 5.41) is 12.6. The van der Waals surface area contributed by atoms with Gasteiger partial charge in [-0.25, -0.2) is 0 Å². The molecule has 112 valence electrons. The fourth-order valence-electron chi connectivity index (χ4n) is 2.34. The predicted molar refractivity (Wildman–Crippen MR) is 73.0 cm³/mol. The normalized spacial score (nSPS) is 23.1. The molecule has 6 heteroatoms. The van der Waals surface area contributed by atoms with Crippen molar-refractivity contribution in [3.63, 3.8) is 0 Å². The number of carbonyl (C=O) groups excluding carboxylic acids is 1. The maximum Gasteiger partial charge on any atom is 0.221 e. The Kier molecular flexibility index (Phi) is 5.58. The third kappa shape index (κ3) is 4.33. The van der Waals surface area contributed by atoms with Crippen molar-refractivity contribution in [2.45, 2.75) is 32.1 Å². The highest BCUT2D eigenvalue weighted by Crippen LogP contribution is 2.13. The van der Waals surface area contributed by atoms with Crippen molar-refractivity contribution < 1.29 is 19.1 Å². The Morgan fingerprint density at radius 3 is 3.15 bits per heavy atom. The summed E-state index contributed by atoms with van der Waals surface area (Å²) in [4.78, 5) is 13.8. The SMILES string of the molecule is CCO[C@@H]1CN(CCC(=O)NCc2ccco2)C[C@H]1O. The molecule has 0 radical (unpaired) electrons. The highest BCUT2D eigenvalue weighted by molar-refractivity contribution is 5.75. The molecule has 1 fully saturated rings. The van der Waals surface area contributed by atoms with E-state index >= 15 is 0 Å². The van der Waals surface area contributed by atoms with Gasteiger partial charge in [-0.3, -0.25) is 9.69 Å². The van der Waals surface area contributed by atoms with E-state index in [2.05, 4.69) is 10.2 Å². The number of β-amino-alcohol motifs (C(OH)–C–C–N with tert-alkyl or cyclic N) is 1. The van der Waals surface area contributed by atoms with Crippen LogP contribution < -0.4 is 5.32 Å². The van der Waals surface area contributed by atoms with E-state index in [4.69, 9.17) is 9.15 Å². The van der Waals surface area contributed by atoms with Crippen LogP contribution in [-0.4, -0.2) is 54.4 Å². The van der Waals surface area contributed by atoms with Gasteiger partial charge in [-0.2, -0.15) is 0 Å². The lowest BCUT2D eigenvalue weighted by Gasteiger charge is -2.15. The van der Waals surface area contributed by atoms with E-state index in [1.165, 1.54) is 0 Å². The molecule has 1 aliphatic heterocycles. The van der Waals surface area contributed by atoms with Gasteiger partial charge in [-0.05, 0) is 19.1 Å². The van der Waals surface area contributed by atoms with E-state index < -0.39 is 6.10 Å². The van der Waals surface area contributed by atoms with Crippen molar-refractivity contribution in [1.82, 2.24) is 10.2 Å². The van der Waals surface area contributed by atoms with Crippen molar-refractivity contribution in [3.05, 3.63) is 24.2 Å². The lowest BCUT2D eigenvalue weighted by Crippen LogP contribution is -2.30. The Morgan fingerprint density at radius 1 is 1.60 bits per heavy atom. The molecule has 0 aromatic carbocycles. The van der Waals surface area contributed by atoms with Crippen molar-refractivity contribution in [2.75, 3.05) is 26.2 Å². The number of carbonyl (C=O) groups is 1. The van der Waals surface area contributed by atoms with Crippen LogP contribution in [-0.2, 0) is 16.1 Å². The van der Waals surface area contributed by atoms with Crippen LogP contribution in [0.4, 0.5) is 0 Å². The van der Waals surface area contributed by atoms with E-state index in [-0.39, 0.29) is 12.0 Å². The summed E-state index contributed by atoms with van der Waals surface area (Å²) in [5.41, 5.74) is 0. The number of rotatable bonds is 7. The maximum absolute atomic E-state index is 11.7. The first-order valence-electron chi connectivity index (χ1n) is 7.00. The molecule has 0 saturated carbocycles. The standard InChI is InChI=1S/C14H22N2O4/c1-2-19-13-10-16(9-12(13)17)6-5-14(18)15-8-11-4-3-7-20-11/h3-4,7,12-13,17H,2,5-6,8-10H2,1H3,(H,15,18)/t12-,13-/m1/s1. The lowest BCUT2D eigenvalue weighted by molar-refractivity contribution is -0.121. The third-order valence-electron chi connectivity index (χ3n) is 3.39. The number of amides is 1. The molecule has 2 N–H and O–H groups in total. The Hall–Kier alpha value is -1.37. The van der Waals surface area contributed by atoms with Crippen molar-refractivity contribution in [2.24, 2.45) is 0 Å². The Balaban J connectivity index is 1.64. The molecule has 0 unspecified atom stereocenters. The molecular weight excluding hydrogens is 260 g/mol. The van der Waals surface area contributed by atoms with Crippen LogP contribution in [0.2, 0.25) is 0 Å². The fourth-order valence-corrected chi connectivity index (χ4v) is 2.34. The zero-order valence-corrected chi connectivity index (χ0v) is 11.7. The summed E-state index contributed by atoms with van der Waals surface area (Å²) in [6, 6.07) is 3.62. The zero-order chi connectivity index (χ0) is 14.4. The molecule has 2 rings (SSSR count). The van der Waals surface area contributed by atoms with Gasteiger partial charge in [0.2, 0.25) is 5.91 Å². The molecule has 0 bridgehead atoms. The second-order valence-electron chi connectivity index (χ2n) is 4.93. The molecule has 6 nitrogen and oxygen atoms in total. The number of likely N-dealkylation sites (tertiary alicyclic amines) is 1. The second-order valence-corrected chi connectivity index (χ2v) is 4.93. The first-order chi connectivity index (χ1) is 9.69. The first-order valence-corrected chi connectivity index (χ1v) is 7.00. The van der Waals surface area contributed by atoms with Crippen LogP contribution >= 0.6 is 0 Å². The third-order valence-corrected chi connectivity index (χ3v) is 3.39. The Morgan fingerprint density at radius 2 is 2.45 bits per heavy atom. The van der Waals surface area contributed by atoms with E-state index in [1.807, 2.05) is 13.0 Å². The minimum absolute atomic E-state index is 0.0178. The minimum atomic E-state index is -0.457. The molecule has 1 saturated heterocycles. The minimum Gasteiger partial charge on any atom is -0.467 e. The summed E-state index contributed by atoms with van der Waals surface area (Å²) >= 11 is 0. The van der Waals surface area contributed by atoms with Gasteiger partial charge in [0.1, 0.15) is 5.76 Å². The van der Waals surface area contributed by atoms with Gasteiger partial charge >= 0.3 is 0 Å². The van der Waals surface area contributed by atoms with Crippen LogP contribution in [0.25, 0.3) is 0 Å². The van der Waals surface area contributed by atoms with Gasteiger partial charge in [-0.15, -0.1) is 0 Å². The van der Waals surface area contributed by atoms with E-state index in [9.17, 15) is 9.90 Å². The second kappa shape index (κ2) is 7.42. The topological polar surface area (TPSA) is 74.9 Å². The summed E-state index contributed by atoms with van der Waals surface area (Å²) in [7, 11) is 0. The molecular formula is C14H22N2O4. The fraction of sp³-hybridized carbons (Fsp3) is 0.643.